The number of carbonyl (C=O) groups is 1. The van der Waals surface area contributed by atoms with Crippen molar-refractivity contribution in [3.63, 3.8) is 0 Å². The van der Waals surface area contributed by atoms with Gasteiger partial charge in [0.1, 0.15) is 17.9 Å². The van der Waals surface area contributed by atoms with E-state index in [4.69, 9.17) is 43.5 Å². The summed E-state index contributed by atoms with van der Waals surface area (Å²) >= 11 is 12.3. The largest absolute Gasteiger partial charge is 0.494 e. The van der Waals surface area contributed by atoms with Gasteiger partial charge >= 0.3 is 5.91 Å². The number of hydrogen-bond donors (Lipinski definition) is 1. The number of benzene rings is 2. The lowest BCUT2D eigenvalue weighted by Gasteiger charge is -2.08. The van der Waals surface area contributed by atoms with E-state index in [-0.39, 0.29) is 22.4 Å². The molecule has 0 fully saturated rings. The van der Waals surface area contributed by atoms with E-state index in [1.54, 1.807) is 36.4 Å². The molecule has 0 aliphatic carbocycles. The number of halogens is 2. The summed E-state index contributed by atoms with van der Waals surface area (Å²) in [5, 5.41) is 5.23. The Hall–Kier alpha value is -3.14. The summed E-state index contributed by atoms with van der Waals surface area (Å²) in [7, 11) is 0. The van der Waals surface area contributed by atoms with Gasteiger partial charge in [0.15, 0.2) is 11.5 Å². The first kappa shape index (κ1) is 20.6. The smallest absolute Gasteiger partial charge is 0.307 e. The third-order valence-corrected chi connectivity index (χ3v) is 4.28. The molecule has 1 aromatic heterocycles. The van der Waals surface area contributed by atoms with Gasteiger partial charge in [-0.05, 0) is 48.9 Å². The fourth-order valence-corrected chi connectivity index (χ4v) is 3.13. The van der Waals surface area contributed by atoms with Gasteiger partial charge in [-0.1, -0.05) is 29.1 Å². The molecule has 0 aliphatic rings. The number of amides is 1. The Bertz CT molecular complexity index is 1090. The molecule has 29 heavy (non-hydrogen) atoms. The number of fused-ring (bicyclic) bond motifs is 1. The van der Waals surface area contributed by atoms with Crippen molar-refractivity contribution >= 4 is 46.3 Å². The number of terminal acetylenes is 1. The van der Waals surface area contributed by atoms with Gasteiger partial charge in [-0.3, -0.25) is 4.79 Å². The minimum absolute atomic E-state index is 0.0481. The van der Waals surface area contributed by atoms with Crippen molar-refractivity contribution in [2.75, 3.05) is 13.2 Å². The highest BCUT2D eigenvalue weighted by Crippen LogP contribution is 2.33. The number of nitrogens with one attached hydrogen (secondary N) is 1. The van der Waals surface area contributed by atoms with Crippen LogP contribution in [0.2, 0.25) is 10.0 Å². The van der Waals surface area contributed by atoms with E-state index < -0.39 is 5.91 Å². The fraction of sp³-hybridized carbons (Fsp3) is 0.143. The molecular weight excluding hydrogens is 415 g/mol. The maximum Gasteiger partial charge on any atom is 0.307 e. The number of rotatable bonds is 7. The van der Waals surface area contributed by atoms with Gasteiger partial charge in [-0.2, -0.15) is 5.10 Å². The third kappa shape index (κ3) is 5.02. The normalized spacial score (nSPS) is 10.8. The van der Waals surface area contributed by atoms with Crippen LogP contribution in [-0.2, 0) is 0 Å². The Morgan fingerprint density at radius 3 is 2.69 bits per heavy atom. The van der Waals surface area contributed by atoms with E-state index in [9.17, 15) is 4.79 Å². The molecule has 148 valence electrons. The average Bonchev–Trinajstić information content (AvgIpc) is 3.11. The van der Waals surface area contributed by atoms with Crippen LogP contribution in [0.3, 0.4) is 0 Å². The van der Waals surface area contributed by atoms with Crippen LogP contribution in [0.4, 0.5) is 0 Å². The summed E-state index contributed by atoms with van der Waals surface area (Å²) in [6.07, 6.45) is 6.56. The third-order valence-electron chi connectivity index (χ3n) is 3.72. The number of nitrogens with zero attached hydrogens (tertiary/aromatic N) is 1. The zero-order valence-corrected chi connectivity index (χ0v) is 16.9. The van der Waals surface area contributed by atoms with Crippen LogP contribution >= 0.6 is 23.2 Å². The van der Waals surface area contributed by atoms with Crippen LogP contribution in [0, 0.1) is 12.3 Å². The summed E-state index contributed by atoms with van der Waals surface area (Å²) in [6, 6.07) is 10.1. The van der Waals surface area contributed by atoms with Crippen LogP contribution in [0.25, 0.3) is 11.0 Å². The van der Waals surface area contributed by atoms with E-state index in [1.807, 2.05) is 6.92 Å². The van der Waals surface area contributed by atoms with Crippen molar-refractivity contribution in [1.29, 1.82) is 0 Å². The van der Waals surface area contributed by atoms with Crippen LogP contribution in [0.5, 0.6) is 11.5 Å². The van der Waals surface area contributed by atoms with Gasteiger partial charge in [0.05, 0.1) is 22.9 Å². The van der Waals surface area contributed by atoms with Crippen LogP contribution < -0.4 is 14.9 Å². The Labute approximate surface area is 177 Å². The minimum Gasteiger partial charge on any atom is -0.494 e. The Balaban J connectivity index is 1.69. The molecule has 0 saturated heterocycles. The molecule has 0 bridgehead atoms. The summed E-state index contributed by atoms with van der Waals surface area (Å²) in [4.78, 5) is 12.3. The van der Waals surface area contributed by atoms with Gasteiger partial charge in [-0.25, -0.2) is 5.43 Å². The number of hydrogen-bond acceptors (Lipinski definition) is 5. The highest BCUT2D eigenvalue weighted by atomic mass is 35.5. The SMILES string of the molecule is C#CCOc1c(Cl)cc(C=NNC(=O)c2cc3cc(OCC)ccc3o2)cc1Cl. The Kier molecular flexibility index (Phi) is 6.65. The summed E-state index contributed by atoms with van der Waals surface area (Å²) in [6.45, 7) is 2.50. The van der Waals surface area contributed by atoms with Crippen molar-refractivity contribution in [3.05, 3.63) is 57.8 Å². The molecule has 2 aromatic carbocycles. The first-order valence-corrected chi connectivity index (χ1v) is 9.32. The molecule has 6 nitrogen and oxygen atoms in total. The quantitative estimate of drug-likeness (QED) is 0.328. The summed E-state index contributed by atoms with van der Waals surface area (Å²) in [5.41, 5.74) is 3.54. The standard InChI is InChI=1S/C21H16Cl2N2O4/c1-3-7-28-20-16(22)8-13(9-17(20)23)12-24-25-21(26)19-11-14-10-15(27-4-2)5-6-18(14)29-19/h1,5-6,8-12H,4,7H2,2H3,(H,25,26). The maximum atomic E-state index is 12.3. The second-order valence-electron chi connectivity index (χ2n) is 5.75. The topological polar surface area (TPSA) is 73.1 Å². The highest BCUT2D eigenvalue weighted by Gasteiger charge is 2.13. The van der Waals surface area contributed by atoms with E-state index in [2.05, 4.69) is 16.4 Å². The van der Waals surface area contributed by atoms with Crippen molar-refractivity contribution in [2.24, 2.45) is 5.10 Å². The van der Waals surface area contributed by atoms with E-state index >= 15 is 0 Å². The second-order valence-corrected chi connectivity index (χ2v) is 6.56. The number of ether oxygens (including phenoxy) is 2. The molecule has 1 N–H and O–H groups in total. The van der Waals surface area contributed by atoms with Crippen molar-refractivity contribution in [1.82, 2.24) is 5.43 Å². The first-order chi connectivity index (χ1) is 14.0. The molecule has 8 heteroatoms. The molecule has 1 heterocycles. The predicted octanol–water partition coefficient (Wildman–Crippen LogP) is 4.91. The van der Waals surface area contributed by atoms with E-state index in [0.29, 0.717) is 29.3 Å². The number of carbonyl (C=O) groups excluding carboxylic acids is 1. The molecule has 0 aliphatic heterocycles. The van der Waals surface area contributed by atoms with Crippen molar-refractivity contribution < 1.29 is 18.7 Å². The first-order valence-electron chi connectivity index (χ1n) is 8.57. The number of furan rings is 1. The Morgan fingerprint density at radius 2 is 2.00 bits per heavy atom. The Morgan fingerprint density at radius 1 is 1.24 bits per heavy atom. The summed E-state index contributed by atoms with van der Waals surface area (Å²) in [5.74, 6) is 2.96. The van der Waals surface area contributed by atoms with Gasteiger partial charge in [-0.15, -0.1) is 6.42 Å². The molecule has 3 aromatic rings. The van der Waals surface area contributed by atoms with E-state index in [0.717, 1.165) is 5.39 Å². The van der Waals surface area contributed by atoms with Crippen molar-refractivity contribution in [3.8, 4) is 23.8 Å². The van der Waals surface area contributed by atoms with E-state index in [1.165, 1.54) is 6.21 Å². The average molecular weight is 431 g/mol. The molecule has 0 unspecified atom stereocenters. The molecule has 0 spiro atoms. The van der Waals surface area contributed by atoms with Crippen molar-refractivity contribution in [2.45, 2.75) is 6.92 Å². The number of hydrazone groups is 1. The molecule has 0 radical (unpaired) electrons. The molecule has 3 rings (SSSR count). The highest BCUT2D eigenvalue weighted by molar-refractivity contribution is 6.37. The predicted molar refractivity (Wildman–Crippen MR) is 113 cm³/mol. The maximum absolute atomic E-state index is 12.3. The molecular formula is C21H16Cl2N2O4. The van der Waals surface area contributed by atoms with Gasteiger partial charge < -0.3 is 13.9 Å². The van der Waals surface area contributed by atoms with Crippen LogP contribution in [0.15, 0.2) is 45.9 Å². The summed E-state index contributed by atoms with van der Waals surface area (Å²) < 4.78 is 16.3. The molecule has 1 amide bonds. The van der Waals surface area contributed by atoms with Gasteiger partial charge in [0, 0.05) is 5.39 Å². The zero-order valence-electron chi connectivity index (χ0n) is 15.4. The molecule has 0 atom stereocenters. The zero-order chi connectivity index (χ0) is 20.8. The van der Waals surface area contributed by atoms with Gasteiger partial charge in [0.25, 0.3) is 0 Å². The van der Waals surface area contributed by atoms with Gasteiger partial charge in [0.2, 0.25) is 0 Å². The molecule has 0 saturated carbocycles. The second kappa shape index (κ2) is 9.37. The monoisotopic (exact) mass is 430 g/mol. The lowest BCUT2D eigenvalue weighted by molar-refractivity contribution is 0.0929. The minimum atomic E-state index is -0.499. The fourth-order valence-electron chi connectivity index (χ4n) is 2.52. The van der Waals surface area contributed by atoms with Crippen LogP contribution in [-0.4, -0.2) is 25.3 Å². The lowest BCUT2D eigenvalue weighted by Crippen LogP contribution is -2.16. The van der Waals surface area contributed by atoms with Crippen LogP contribution in [0.1, 0.15) is 23.0 Å². The lowest BCUT2D eigenvalue weighted by atomic mass is 10.2.